The van der Waals surface area contributed by atoms with Gasteiger partial charge < -0.3 is 10.2 Å². The second-order valence-electron chi connectivity index (χ2n) is 8.37. The number of phenols is 1. The molecule has 0 radical (unpaired) electrons. The van der Waals surface area contributed by atoms with Crippen molar-refractivity contribution in [1.29, 1.82) is 0 Å². The van der Waals surface area contributed by atoms with Crippen molar-refractivity contribution in [2.24, 2.45) is 22.4 Å². The van der Waals surface area contributed by atoms with Crippen molar-refractivity contribution in [3.8, 4) is 5.75 Å². The predicted octanol–water partition coefficient (Wildman–Crippen LogP) is 3.92. The Kier molecular flexibility index (Phi) is 4.53. The number of hydrazone groups is 1. The molecule has 1 saturated carbocycles. The first-order valence-corrected chi connectivity index (χ1v) is 8.85. The Balaban J connectivity index is 2.02. The second kappa shape index (κ2) is 6.22. The maximum absolute atomic E-state index is 14.0. The Hall–Kier alpha value is -2.09. The number of benzene rings is 1. The van der Waals surface area contributed by atoms with E-state index in [1.807, 2.05) is 20.8 Å². The molecule has 3 atom stereocenters. The standard InChI is InChI=1S/C19H23F3N2O3/c1-17(2,3)12-7-8-15-14(10-12)18(27,19(20,21)22)24(23-15)16(26)11-5-4-6-13(25)9-11/h4-6,9,12,14,25,27H,7-8,10H2,1-3H3/t12-,14-,18-/m1/s1. The molecular weight excluding hydrogens is 361 g/mol. The van der Waals surface area contributed by atoms with Gasteiger partial charge in [-0.1, -0.05) is 26.8 Å². The molecule has 148 valence electrons. The smallest absolute Gasteiger partial charge is 0.439 e. The van der Waals surface area contributed by atoms with Gasteiger partial charge in [0.15, 0.2) is 0 Å². The Morgan fingerprint density at radius 1 is 1.30 bits per heavy atom. The van der Waals surface area contributed by atoms with Gasteiger partial charge in [0.25, 0.3) is 11.6 Å². The third kappa shape index (κ3) is 3.20. The lowest BCUT2D eigenvalue weighted by molar-refractivity contribution is -0.314. The SMILES string of the molecule is CC(C)(C)[C@@H]1CCC2=NN(C(=O)c3cccc(O)c3)[C@](O)(C(F)(F)F)[C@@H]2C1. The highest BCUT2D eigenvalue weighted by Crippen LogP contribution is 2.52. The van der Waals surface area contributed by atoms with Crippen LogP contribution in [0.3, 0.4) is 0 Å². The molecule has 5 nitrogen and oxygen atoms in total. The number of halogens is 3. The maximum Gasteiger partial charge on any atom is 0.439 e. The van der Waals surface area contributed by atoms with Crippen molar-refractivity contribution in [3.63, 3.8) is 0 Å². The highest BCUT2D eigenvalue weighted by atomic mass is 19.4. The van der Waals surface area contributed by atoms with Gasteiger partial charge in [-0.15, -0.1) is 0 Å². The summed E-state index contributed by atoms with van der Waals surface area (Å²) in [5.41, 5.74) is -3.59. The van der Waals surface area contributed by atoms with E-state index in [-0.39, 0.29) is 39.8 Å². The van der Waals surface area contributed by atoms with Gasteiger partial charge in [0.1, 0.15) is 5.75 Å². The van der Waals surface area contributed by atoms with Crippen molar-refractivity contribution < 1.29 is 28.2 Å². The number of fused-ring (bicyclic) bond motifs is 1. The van der Waals surface area contributed by atoms with Crippen LogP contribution in [-0.2, 0) is 0 Å². The number of phenolic OH excluding ortho intramolecular Hbond substituents is 1. The van der Waals surface area contributed by atoms with E-state index in [4.69, 9.17) is 0 Å². The normalized spacial score (nSPS) is 28.7. The molecule has 1 aliphatic heterocycles. The van der Waals surface area contributed by atoms with Crippen LogP contribution in [0.4, 0.5) is 13.2 Å². The Morgan fingerprint density at radius 2 is 1.96 bits per heavy atom. The van der Waals surface area contributed by atoms with Crippen molar-refractivity contribution in [3.05, 3.63) is 29.8 Å². The van der Waals surface area contributed by atoms with Crippen LogP contribution in [0.25, 0.3) is 0 Å². The summed E-state index contributed by atoms with van der Waals surface area (Å²) < 4.78 is 41.9. The number of rotatable bonds is 1. The molecule has 1 amide bonds. The summed E-state index contributed by atoms with van der Waals surface area (Å²) in [6, 6.07) is 4.98. The number of alkyl halides is 3. The molecule has 3 rings (SSSR count). The molecule has 27 heavy (non-hydrogen) atoms. The number of nitrogens with zero attached hydrogens (tertiary/aromatic N) is 2. The zero-order valence-corrected chi connectivity index (χ0v) is 15.4. The van der Waals surface area contributed by atoms with E-state index >= 15 is 0 Å². The van der Waals surface area contributed by atoms with Crippen LogP contribution in [0.5, 0.6) is 5.75 Å². The summed E-state index contributed by atoms with van der Waals surface area (Å²) in [4.78, 5) is 12.7. The molecule has 0 aromatic heterocycles. The van der Waals surface area contributed by atoms with Gasteiger partial charge in [0.2, 0.25) is 0 Å². The molecule has 1 fully saturated rings. The molecule has 0 unspecified atom stereocenters. The summed E-state index contributed by atoms with van der Waals surface area (Å²) in [5.74, 6) is -2.68. The summed E-state index contributed by atoms with van der Waals surface area (Å²) in [6.07, 6.45) is -4.02. The number of hydrogen-bond acceptors (Lipinski definition) is 4. The lowest BCUT2D eigenvalue weighted by Crippen LogP contribution is -2.62. The second-order valence-corrected chi connectivity index (χ2v) is 8.37. The fourth-order valence-corrected chi connectivity index (χ4v) is 3.97. The number of amides is 1. The quantitative estimate of drug-likeness (QED) is 0.771. The number of aromatic hydroxyl groups is 1. The highest BCUT2D eigenvalue weighted by Gasteiger charge is 2.69. The van der Waals surface area contributed by atoms with Crippen molar-refractivity contribution in [2.75, 3.05) is 0 Å². The zero-order chi connectivity index (χ0) is 20.2. The fourth-order valence-electron chi connectivity index (χ4n) is 3.97. The van der Waals surface area contributed by atoms with Crippen molar-refractivity contribution >= 4 is 11.6 Å². The topological polar surface area (TPSA) is 73.1 Å². The molecule has 1 aromatic rings. The minimum absolute atomic E-state index is 0.0360. The summed E-state index contributed by atoms with van der Waals surface area (Å²) >= 11 is 0. The van der Waals surface area contributed by atoms with Crippen LogP contribution in [0.1, 0.15) is 50.4 Å². The Bertz CT molecular complexity index is 785. The van der Waals surface area contributed by atoms with Crippen LogP contribution >= 0.6 is 0 Å². The lowest BCUT2D eigenvalue weighted by atomic mass is 9.66. The molecule has 8 heteroatoms. The van der Waals surface area contributed by atoms with E-state index in [1.165, 1.54) is 18.2 Å². The Labute approximate surface area is 155 Å². The average molecular weight is 384 g/mol. The van der Waals surface area contributed by atoms with Gasteiger partial charge >= 0.3 is 6.18 Å². The molecule has 1 aromatic carbocycles. The van der Waals surface area contributed by atoms with E-state index in [9.17, 15) is 28.2 Å². The monoisotopic (exact) mass is 384 g/mol. The summed E-state index contributed by atoms with van der Waals surface area (Å²) in [7, 11) is 0. The van der Waals surface area contributed by atoms with Gasteiger partial charge in [0.05, 0.1) is 5.92 Å². The van der Waals surface area contributed by atoms with Crippen LogP contribution in [0, 0.1) is 17.3 Å². The van der Waals surface area contributed by atoms with E-state index in [0.717, 1.165) is 6.07 Å². The van der Waals surface area contributed by atoms with Gasteiger partial charge in [0, 0.05) is 11.3 Å². The molecule has 1 heterocycles. The summed E-state index contributed by atoms with van der Waals surface area (Å²) in [5, 5.41) is 24.4. The van der Waals surface area contributed by atoms with Crippen LogP contribution in [-0.4, -0.2) is 38.7 Å². The number of carbonyl (C=O) groups excluding carboxylic acids is 1. The van der Waals surface area contributed by atoms with E-state index in [2.05, 4.69) is 5.10 Å². The molecule has 0 saturated heterocycles. The van der Waals surface area contributed by atoms with E-state index in [0.29, 0.717) is 12.8 Å². The van der Waals surface area contributed by atoms with E-state index < -0.39 is 23.7 Å². The lowest BCUT2D eigenvalue weighted by Gasteiger charge is -2.42. The third-order valence-electron chi connectivity index (χ3n) is 5.64. The number of aliphatic hydroxyl groups is 1. The first-order valence-electron chi connectivity index (χ1n) is 8.85. The van der Waals surface area contributed by atoms with E-state index in [1.54, 1.807) is 0 Å². The minimum atomic E-state index is -5.07. The number of carbonyl (C=O) groups is 1. The average Bonchev–Trinajstić information content (AvgIpc) is 2.87. The highest BCUT2D eigenvalue weighted by molar-refractivity contribution is 5.99. The molecule has 0 bridgehead atoms. The van der Waals surface area contributed by atoms with Crippen LogP contribution < -0.4 is 0 Å². The molecule has 0 spiro atoms. The predicted molar refractivity (Wildman–Crippen MR) is 93.0 cm³/mol. The van der Waals surface area contributed by atoms with Crippen molar-refractivity contribution in [2.45, 2.75) is 51.9 Å². The maximum atomic E-state index is 14.0. The zero-order valence-electron chi connectivity index (χ0n) is 15.4. The Morgan fingerprint density at radius 3 is 2.52 bits per heavy atom. The molecule has 2 aliphatic rings. The van der Waals surface area contributed by atoms with Crippen LogP contribution in [0.15, 0.2) is 29.4 Å². The van der Waals surface area contributed by atoms with Gasteiger partial charge in [-0.25, -0.2) is 0 Å². The minimum Gasteiger partial charge on any atom is -0.508 e. The largest absolute Gasteiger partial charge is 0.508 e. The first-order chi connectivity index (χ1) is 12.4. The van der Waals surface area contributed by atoms with Gasteiger partial charge in [-0.3, -0.25) is 4.79 Å². The first kappa shape index (κ1) is 19.7. The molecular formula is C19H23F3N2O3. The van der Waals surface area contributed by atoms with Crippen molar-refractivity contribution in [1.82, 2.24) is 5.01 Å². The number of hydrogen-bond donors (Lipinski definition) is 2. The van der Waals surface area contributed by atoms with Gasteiger partial charge in [-0.05, 0) is 48.8 Å². The third-order valence-corrected chi connectivity index (χ3v) is 5.64. The molecule has 2 N–H and O–H groups in total. The summed E-state index contributed by atoms with van der Waals surface area (Å²) in [6.45, 7) is 5.87. The van der Waals surface area contributed by atoms with Gasteiger partial charge in [-0.2, -0.15) is 23.3 Å². The fraction of sp³-hybridized carbons (Fsp3) is 0.579. The molecule has 1 aliphatic carbocycles. The van der Waals surface area contributed by atoms with Crippen LogP contribution in [0.2, 0.25) is 0 Å².